The summed E-state index contributed by atoms with van der Waals surface area (Å²) in [5, 5.41) is 8.22. The van der Waals surface area contributed by atoms with Crippen LogP contribution in [0.4, 0.5) is 0 Å². The molecule has 1 aromatic heterocycles. The molecule has 0 aliphatic heterocycles. The van der Waals surface area contributed by atoms with Gasteiger partial charge in [0.05, 0.1) is 6.20 Å². The minimum absolute atomic E-state index is 0.0686. The lowest BCUT2D eigenvalue weighted by atomic mass is 10.1. The van der Waals surface area contributed by atoms with Crippen molar-refractivity contribution in [3.63, 3.8) is 0 Å². The Morgan fingerprint density at radius 3 is 2.64 bits per heavy atom. The fourth-order valence-corrected chi connectivity index (χ4v) is 3.58. The van der Waals surface area contributed by atoms with Gasteiger partial charge in [0.25, 0.3) is 0 Å². The van der Waals surface area contributed by atoms with Crippen LogP contribution >= 0.6 is 0 Å². The predicted octanol–water partition coefficient (Wildman–Crippen LogP) is 3.05. The maximum atomic E-state index is 6.43. The van der Waals surface area contributed by atoms with Crippen molar-refractivity contribution >= 4 is 0 Å². The second-order valence-electron chi connectivity index (χ2n) is 6.65. The van der Waals surface area contributed by atoms with Gasteiger partial charge >= 0.3 is 0 Å². The number of nitrogens with one attached hydrogen (secondary N) is 1. The monoisotopic (exact) mass is 298 g/mol. The van der Waals surface area contributed by atoms with Crippen molar-refractivity contribution in [2.45, 2.75) is 58.3 Å². The van der Waals surface area contributed by atoms with Crippen LogP contribution in [-0.4, -0.2) is 15.8 Å². The zero-order valence-corrected chi connectivity index (χ0v) is 13.9. The first-order chi connectivity index (χ1) is 10.5. The van der Waals surface area contributed by atoms with Crippen molar-refractivity contribution in [2.75, 3.05) is 0 Å². The van der Waals surface area contributed by atoms with Gasteiger partial charge in [0.1, 0.15) is 0 Å². The van der Waals surface area contributed by atoms with E-state index in [1.54, 1.807) is 0 Å². The van der Waals surface area contributed by atoms with Gasteiger partial charge in [-0.1, -0.05) is 24.3 Å². The molecular weight excluding hydrogens is 272 g/mol. The Labute approximate surface area is 132 Å². The zero-order valence-electron chi connectivity index (χ0n) is 13.9. The first-order valence-corrected chi connectivity index (χ1v) is 8.12. The molecule has 1 aromatic carbocycles. The van der Waals surface area contributed by atoms with E-state index in [1.807, 2.05) is 6.20 Å². The Balaban J connectivity index is 1.75. The van der Waals surface area contributed by atoms with Gasteiger partial charge in [-0.2, -0.15) is 5.10 Å². The van der Waals surface area contributed by atoms with E-state index in [0.717, 1.165) is 6.42 Å². The lowest BCUT2D eigenvalue weighted by molar-refractivity contribution is 0.416. The molecule has 118 valence electrons. The van der Waals surface area contributed by atoms with Crippen molar-refractivity contribution in [1.29, 1.82) is 0 Å². The van der Waals surface area contributed by atoms with Crippen LogP contribution in [0.1, 0.15) is 61.3 Å². The van der Waals surface area contributed by atoms with Crippen molar-refractivity contribution in [3.05, 3.63) is 52.8 Å². The van der Waals surface area contributed by atoms with Gasteiger partial charge in [-0.05, 0) is 45.2 Å². The van der Waals surface area contributed by atoms with Gasteiger partial charge in [0.2, 0.25) is 0 Å². The molecule has 0 bridgehead atoms. The lowest BCUT2D eigenvalue weighted by Gasteiger charge is -2.23. The van der Waals surface area contributed by atoms with Crippen LogP contribution in [0.3, 0.4) is 0 Å². The van der Waals surface area contributed by atoms with E-state index in [9.17, 15) is 0 Å². The Morgan fingerprint density at radius 2 is 2.00 bits per heavy atom. The first-order valence-electron chi connectivity index (χ1n) is 8.12. The highest BCUT2D eigenvalue weighted by atomic mass is 15.3. The van der Waals surface area contributed by atoms with Gasteiger partial charge in [0.15, 0.2) is 0 Å². The molecule has 1 aliphatic rings. The highest BCUT2D eigenvalue weighted by Gasteiger charge is 2.30. The van der Waals surface area contributed by atoms with Crippen molar-refractivity contribution in [2.24, 2.45) is 5.73 Å². The summed E-state index contributed by atoms with van der Waals surface area (Å²) in [5.41, 5.74) is 11.6. The minimum Gasteiger partial charge on any atom is -0.323 e. The quantitative estimate of drug-likeness (QED) is 0.912. The Hall–Kier alpha value is -1.65. The average molecular weight is 298 g/mol. The maximum absolute atomic E-state index is 6.43. The Morgan fingerprint density at radius 1 is 1.27 bits per heavy atom. The zero-order chi connectivity index (χ0) is 15.9. The maximum Gasteiger partial charge on any atom is 0.0540 e. The number of aromatic nitrogens is 2. The van der Waals surface area contributed by atoms with E-state index in [2.05, 4.69) is 67.1 Å². The van der Waals surface area contributed by atoms with Gasteiger partial charge in [0, 0.05) is 35.4 Å². The highest BCUT2D eigenvalue weighted by Crippen LogP contribution is 2.31. The summed E-state index contributed by atoms with van der Waals surface area (Å²) in [6.07, 6.45) is 2.99. The molecule has 0 amide bonds. The second kappa shape index (κ2) is 5.86. The van der Waals surface area contributed by atoms with Crippen LogP contribution in [0.2, 0.25) is 0 Å². The van der Waals surface area contributed by atoms with E-state index >= 15 is 0 Å². The Kier molecular flexibility index (Phi) is 4.06. The summed E-state index contributed by atoms with van der Waals surface area (Å²) in [6.45, 7) is 8.66. The molecular formula is C18H26N4. The van der Waals surface area contributed by atoms with Gasteiger partial charge in [-0.15, -0.1) is 0 Å². The van der Waals surface area contributed by atoms with Crippen LogP contribution in [0, 0.1) is 6.92 Å². The normalized spacial score (nSPS) is 22.1. The SMILES string of the molecule is Cc1c(C(C)N[C@@H]2Cc3ccccc3[C@H]2N)cnn1C(C)C. The third kappa shape index (κ3) is 2.57. The fraction of sp³-hybridized carbons (Fsp3) is 0.500. The molecule has 3 atom stereocenters. The van der Waals surface area contributed by atoms with E-state index in [0.29, 0.717) is 6.04 Å². The highest BCUT2D eigenvalue weighted by molar-refractivity contribution is 5.37. The van der Waals surface area contributed by atoms with E-state index in [4.69, 9.17) is 5.73 Å². The van der Waals surface area contributed by atoms with Crippen LogP contribution in [0.15, 0.2) is 30.5 Å². The minimum atomic E-state index is 0.0686. The molecule has 22 heavy (non-hydrogen) atoms. The molecule has 0 saturated heterocycles. The lowest BCUT2D eigenvalue weighted by Crippen LogP contribution is -2.38. The molecule has 1 unspecified atom stereocenters. The molecule has 3 N–H and O–H groups in total. The van der Waals surface area contributed by atoms with Crippen molar-refractivity contribution in [1.82, 2.24) is 15.1 Å². The molecule has 0 radical (unpaired) electrons. The molecule has 0 fully saturated rings. The summed E-state index contributed by atoms with van der Waals surface area (Å²) in [4.78, 5) is 0. The van der Waals surface area contributed by atoms with Crippen LogP contribution in [0.25, 0.3) is 0 Å². The molecule has 2 aromatic rings. The van der Waals surface area contributed by atoms with Crippen molar-refractivity contribution < 1.29 is 0 Å². The smallest absolute Gasteiger partial charge is 0.0540 e. The topological polar surface area (TPSA) is 55.9 Å². The number of nitrogens with zero attached hydrogens (tertiary/aromatic N) is 2. The van der Waals surface area contributed by atoms with E-state index < -0.39 is 0 Å². The number of rotatable bonds is 4. The number of fused-ring (bicyclic) bond motifs is 1. The number of hydrogen-bond donors (Lipinski definition) is 2. The van der Waals surface area contributed by atoms with Gasteiger partial charge in [-0.3, -0.25) is 4.68 Å². The molecule has 3 rings (SSSR count). The summed E-state index contributed by atoms with van der Waals surface area (Å²) in [6, 6.07) is 9.48. The first kappa shape index (κ1) is 15.3. The number of benzene rings is 1. The summed E-state index contributed by atoms with van der Waals surface area (Å²) >= 11 is 0. The summed E-state index contributed by atoms with van der Waals surface area (Å²) in [5.74, 6) is 0. The van der Waals surface area contributed by atoms with Crippen LogP contribution in [-0.2, 0) is 6.42 Å². The molecule has 1 heterocycles. The molecule has 4 nitrogen and oxygen atoms in total. The molecule has 4 heteroatoms. The molecule has 0 spiro atoms. The third-order valence-electron chi connectivity index (χ3n) is 4.79. The molecule has 1 aliphatic carbocycles. The molecule has 0 saturated carbocycles. The van der Waals surface area contributed by atoms with Crippen LogP contribution < -0.4 is 11.1 Å². The number of nitrogens with two attached hydrogens (primary N) is 1. The van der Waals surface area contributed by atoms with Gasteiger partial charge in [-0.25, -0.2) is 0 Å². The largest absolute Gasteiger partial charge is 0.323 e. The van der Waals surface area contributed by atoms with E-state index in [-0.39, 0.29) is 18.1 Å². The number of hydrogen-bond acceptors (Lipinski definition) is 3. The Bertz CT molecular complexity index is 659. The summed E-state index contributed by atoms with van der Waals surface area (Å²) < 4.78 is 2.08. The standard InChI is InChI=1S/C18H26N4/c1-11(2)22-13(4)16(10-20-22)12(3)21-17-9-14-7-5-6-8-15(14)18(17)19/h5-8,10-12,17-18,21H,9,19H2,1-4H3/t12?,17-,18-/m1/s1. The third-order valence-corrected chi connectivity index (χ3v) is 4.79. The van der Waals surface area contributed by atoms with Gasteiger partial charge < -0.3 is 11.1 Å². The van der Waals surface area contributed by atoms with Crippen molar-refractivity contribution in [3.8, 4) is 0 Å². The predicted molar refractivity (Wildman–Crippen MR) is 89.8 cm³/mol. The fourth-order valence-electron chi connectivity index (χ4n) is 3.58. The van der Waals surface area contributed by atoms with Crippen LogP contribution in [0.5, 0.6) is 0 Å². The average Bonchev–Trinajstić information content (AvgIpc) is 3.01. The van der Waals surface area contributed by atoms with E-state index in [1.165, 1.54) is 22.4 Å². The second-order valence-corrected chi connectivity index (χ2v) is 6.65. The summed E-state index contributed by atoms with van der Waals surface area (Å²) in [7, 11) is 0.